The van der Waals surface area contributed by atoms with Crippen molar-refractivity contribution in [3.05, 3.63) is 78.1 Å². The van der Waals surface area contributed by atoms with E-state index in [1.54, 1.807) is 0 Å². The van der Waals surface area contributed by atoms with Crippen LogP contribution in [0.1, 0.15) is 11.1 Å². The molecule has 0 saturated carbocycles. The minimum atomic E-state index is 0.940. The zero-order chi connectivity index (χ0) is 13.8. The molecule has 3 rings (SSSR count). The second-order valence-electron chi connectivity index (χ2n) is 5.21. The first-order valence-corrected chi connectivity index (χ1v) is 6.86. The van der Waals surface area contributed by atoms with E-state index in [9.17, 15) is 0 Å². The standard InChI is InChI=1S/C18H18N2/c1-20(13-15-8-10-19-11-9-15)14-16-6-7-17-4-2-3-5-18(17)12-16/h2-12H,13-14H2,1H3. The lowest BCUT2D eigenvalue weighted by Gasteiger charge is -2.17. The Hall–Kier alpha value is -2.19. The summed E-state index contributed by atoms with van der Waals surface area (Å²) in [7, 11) is 2.15. The van der Waals surface area contributed by atoms with Gasteiger partial charge in [0.05, 0.1) is 0 Å². The fourth-order valence-corrected chi connectivity index (χ4v) is 2.50. The van der Waals surface area contributed by atoms with Crippen LogP contribution in [0.5, 0.6) is 0 Å². The van der Waals surface area contributed by atoms with Crippen LogP contribution in [0.2, 0.25) is 0 Å². The van der Waals surface area contributed by atoms with Crippen molar-refractivity contribution in [1.29, 1.82) is 0 Å². The van der Waals surface area contributed by atoms with Gasteiger partial charge in [0, 0.05) is 25.5 Å². The molecule has 0 radical (unpaired) electrons. The van der Waals surface area contributed by atoms with Crippen molar-refractivity contribution >= 4 is 10.8 Å². The van der Waals surface area contributed by atoms with Gasteiger partial charge in [0.25, 0.3) is 0 Å². The molecule has 3 aromatic rings. The molecular formula is C18H18N2. The Morgan fingerprint density at radius 3 is 2.30 bits per heavy atom. The third-order valence-corrected chi connectivity index (χ3v) is 3.47. The number of hydrogen-bond donors (Lipinski definition) is 0. The third kappa shape index (κ3) is 3.03. The van der Waals surface area contributed by atoms with Crippen molar-refractivity contribution in [3.63, 3.8) is 0 Å². The van der Waals surface area contributed by atoms with Gasteiger partial charge in [-0.3, -0.25) is 9.88 Å². The van der Waals surface area contributed by atoms with Gasteiger partial charge >= 0.3 is 0 Å². The summed E-state index contributed by atoms with van der Waals surface area (Å²) < 4.78 is 0. The third-order valence-electron chi connectivity index (χ3n) is 3.47. The molecule has 0 spiro atoms. The Bertz CT molecular complexity index is 692. The molecule has 0 aliphatic heterocycles. The lowest BCUT2D eigenvalue weighted by molar-refractivity contribution is 0.319. The second-order valence-corrected chi connectivity index (χ2v) is 5.21. The Labute approximate surface area is 119 Å². The molecule has 2 heteroatoms. The van der Waals surface area contributed by atoms with Gasteiger partial charge in [-0.25, -0.2) is 0 Å². The van der Waals surface area contributed by atoms with Crippen molar-refractivity contribution < 1.29 is 0 Å². The van der Waals surface area contributed by atoms with Gasteiger partial charge in [0.1, 0.15) is 0 Å². The van der Waals surface area contributed by atoms with Crippen LogP contribution in [-0.2, 0) is 13.1 Å². The molecule has 1 aromatic heterocycles. The summed E-state index contributed by atoms with van der Waals surface area (Å²) in [6.07, 6.45) is 3.69. The van der Waals surface area contributed by atoms with Crippen molar-refractivity contribution in [3.8, 4) is 0 Å². The number of hydrogen-bond acceptors (Lipinski definition) is 2. The van der Waals surface area contributed by atoms with Crippen LogP contribution in [0.15, 0.2) is 67.0 Å². The number of nitrogens with zero attached hydrogens (tertiary/aromatic N) is 2. The summed E-state index contributed by atoms with van der Waals surface area (Å²) in [5.41, 5.74) is 2.64. The summed E-state index contributed by atoms with van der Waals surface area (Å²) in [4.78, 5) is 6.37. The van der Waals surface area contributed by atoms with Crippen LogP contribution in [-0.4, -0.2) is 16.9 Å². The Kier molecular flexibility index (Phi) is 3.75. The van der Waals surface area contributed by atoms with Crippen molar-refractivity contribution in [2.24, 2.45) is 0 Å². The van der Waals surface area contributed by atoms with Gasteiger partial charge in [-0.1, -0.05) is 36.4 Å². The van der Waals surface area contributed by atoms with E-state index in [4.69, 9.17) is 0 Å². The van der Waals surface area contributed by atoms with E-state index in [2.05, 4.69) is 71.5 Å². The summed E-state index contributed by atoms with van der Waals surface area (Å²) in [6, 6.07) is 19.3. The molecule has 2 aromatic carbocycles. The molecule has 2 nitrogen and oxygen atoms in total. The van der Waals surface area contributed by atoms with E-state index in [1.165, 1.54) is 21.9 Å². The highest BCUT2D eigenvalue weighted by molar-refractivity contribution is 5.82. The number of fused-ring (bicyclic) bond motifs is 1. The number of aromatic nitrogens is 1. The molecule has 0 fully saturated rings. The molecule has 0 atom stereocenters. The Morgan fingerprint density at radius 2 is 1.50 bits per heavy atom. The second kappa shape index (κ2) is 5.85. The molecular weight excluding hydrogens is 244 g/mol. The van der Waals surface area contributed by atoms with Crippen molar-refractivity contribution in [1.82, 2.24) is 9.88 Å². The minimum absolute atomic E-state index is 0.940. The van der Waals surface area contributed by atoms with E-state index in [0.29, 0.717) is 0 Å². The maximum atomic E-state index is 4.05. The van der Waals surface area contributed by atoms with E-state index in [-0.39, 0.29) is 0 Å². The summed E-state index contributed by atoms with van der Waals surface area (Å²) in [6.45, 7) is 1.89. The van der Waals surface area contributed by atoms with Crippen LogP contribution < -0.4 is 0 Å². The molecule has 0 amide bonds. The molecule has 0 aliphatic rings. The SMILES string of the molecule is CN(Cc1ccncc1)Cc1ccc2ccccc2c1. The highest BCUT2D eigenvalue weighted by Gasteiger charge is 2.02. The van der Waals surface area contributed by atoms with Gasteiger partial charge < -0.3 is 0 Å². The zero-order valence-electron chi connectivity index (χ0n) is 11.7. The van der Waals surface area contributed by atoms with Gasteiger partial charge in [-0.15, -0.1) is 0 Å². The summed E-state index contributed by atoms with van der Waals surface area (Å²) in [5, 5.41) is 2.61. The normalized spacial score (nSPS) is 11.1. The molecule has 0 N–H and O–H groups in total. The quantitative estimate of drug-likeness (QED) is 0.709. The largest absolute Gasteiger partial charge is 0.298 e. The van der Waals surface area contributed by atoms with Crippen LogP contribution >= 0.6 is 0 Å². The maximum absolute atomic E-state index is 4.05. The molecule has 1 heterocycles. The average molecular weight is 262 g/mol. The number of rotatable bonds is 4. The van der Waals surface area contributed by atoms with Crippen molar-refractivity contribution in [2.45, 2.75) is 13.1 Å². The number of benzene rings is 2. The minimum Gasteiger partial charge on any atom is -0.298 e. The van der Waals surface area contributed by atoms with Gasteiger partial charge in [-0.05, 0) is 47.1 Å². The van der Waals surface area contributed by atoms with E-state index >= 15 is 0 Å². The first-order valence-electron chi connectivity index (χ1n) is 6.86. The molecule has 0 bridgehead atoms. The smallest absolute Gasteiger partial charge is 0.0271 e. The predicted octanol–water partition coefficient (Wildman–Crippen LogP) is 3.87. The Balaban J connectivity index is 1.72. The topological polar surface area (TPSA) is 16.1 Å². The van der Waals surface area contributed by atoms with Crippen LogP contribution in [0.3, 0.4) is 0 Å². The van der Waals surface area contributed by atoms with Crippen LogP contribution in [0.25, 0.3) is 10.8 Å². The van der Waals surface area contributed by atoms with Crippen molar-refractivity contribution in [2.75, 3.05) is 7.05 Å². The zero-order valence-corrected chi connectivity index (χ0v) is 11.7. The summed E-state index contributed by atoms with van der Waals surface area (Å²) in [5.74, 6) is 0. The predicted molar refractivity (Wildman–Crippen MR) is 83.4 cm³/mol. The highest BCUT2D eigenvalue weighted by Crippen LogP contribution is 2.17. The van der Waals surface area contributed by atoms with Crippen LogP contribution in [0, 0.1) is 0 Å². The van der Waals surface area contributed by atoms with E-state index in [1.807, 2.05) is 12.4 Å². The van der Waals surface area contributed by atoms with Gasteiger partial charge in [0.15, 0.2) is 0 Å². The molecule has 0 saturated heterocycles. The van der Waals surface area contributed by atoms with Gasteiger partial charge in [-0.2, -0.15) is 0 Å². The Morgan fingerprint density at radius 1 is 0.800 bits per heavy atom. The molecule has 20 heavy (non-hydrogen) atoms. The first kappa shape index (κ1) is 12.8. The summed E-state index contributed by atoms with van der Waals surface area (Å²) >= 11 is 0. The highest BCUT2D eigenvalue weighted by atomic mass is 15.1. The fraction of sp³-hybridized carbons (Fsp3) is 0.167. The van der Waals surface area contributed by atoms with Crippen LogP contribution in [0.4, 0.5) is 0 Å². The average Bonchev–Trinajstić information content (AvgIpc) is 2.48. The molecule has 0 unspecified atom stereocenters. The number of pyridine rings is 1. The first-order chi connectivity index (χ1) is 9.81. The molecule has 100 valence electrons. The monoisotopic (exact) mass is 262 g/mol. The van der Waals surface area contributed by atoms with Gasteiger partial charge in [0.2, 0.25) is 0 Å². The van der Waals surface area contributed by atoms with E-state index < -0.39 is 0 Å². The molecule has 0 aliphatic carbocycles. The maximum Gasteiger partial charge on any atom is 0.0271 e. The lowest BCUT2D eigenvalue weighted by atomic mass is 10.1. The van der Waals surface area contributed by atoms with E-state index in [0.717, 1.165) is 13.1 Å². The lowest BCUT2D eigenvalue weighted by Crippen LogP contribution is -2.17. The fourth-order valence-electron chi connectivity index (χ4n) is 2.50.